The second-order valence-corrected chi connectivity index (χ2v) is 3.91. The molecule has 2 rings (SSSR count). The Bertz CT molecular complexity index is 564. The monoisotopic (exact) mass is 254 g/mol. The van der Waals surface area contributed by atoms with E-state index in [1.54, 1.807) is 24.3 Å². The highest BCUT2D eigenvalue weighted by atomic mass is 16.1. The third-order valence-corrected chi connectivity index (χ3v) is 2.31. The van der Waals surface area contributed by atoms with Crippen LogP contribution < -0.4 is 10.7 Å². The molecule has 0 saturated heterocycles. The van der Waals surface area contributed by atoms with Crippen molar-refractivity contribution in [1.29, 1.82) is 0 Å². The molecule has 0 fully saturated rings. The maximum atomic E-state index is 10.9. The van der Waals surface area contributed by atoms with Gasteiger partial charge in [0.05, 0.1) is 11.4 Å². The van der Waals surface area contributed by atoms with Crippen LogP contribution in [0.4, 0.5) is 17.1 Å². The van der Waals surface area contributed by atoms with E-state index in [1.807, 2.05) is 30.3 Å². The minimum atomic E-state index is -0.0971. The summed E-state index contributed by atoms with van der Waals surface area (Å²) in [6.07, 6.45) is 0. The molecule has 1 amide bonds. The second kappa shape index (κ2) is 6.30. The average molecular weight is 254 g/mol. The standard InChI is InChI=1S/C14H14N4O/c1-11(19)15-12-7-9-14(10-8-12)17-18-16-13-5-3-2-4-6-13/h2-10H,1H3,(H,15,19)(H,16,17). The molecule has 2 N–H and O–H groups in total. The van der Waals surface area contributed by atoms with Crippen LogP contribution in [0.15, 0.2) is 64.9 Å². The Morgan fingerprint density at radius 2 is 1.63 bits per heavy atom. The first kappa shape index (κ1) is 12.8. The van der Waals surface area contributed by atoms with E-state index in [1.165, 1.54) is 6.92 Å². The number of anilines is 2. The maximum absolute atomic E-state index is 10.9. The van der Waals surface area contributed by atoms with Crippen LogP contribution in [0.2, 0.25) is 0 Å². The molecule has 0 aliphatic heterocycles. The largest absolute Gasteiger partial charge is 0.326 e. The zero-order chi connectivity index (χ0) is 13.5. The summed E-state index contributed by atoms with van der Waals surface area (Å²) in [5, 5.41) is 10.6. The smallest absolute Gasteiger partial charge is 0.221 e. The summed E-state index contributed by atoms with van der Waals surface area (Å²) < 4.78 is 0. The lowest BCUT2D eigenvalue weighted by Crippen LogP contribution is -2.04. The number of para-hydroxylation sites is 1. The Morgan fingerprint density at radius 1 is 0.947 bits per heavy atom. The molecule has 2 aromatic rings. The second-order valence-electron chi connectivity index (χ2n) is 3.91. The lowest BCUT2D eigenvalue weighted by atomic mass is 10.3. The van der Waals surface area contributed by atoms with Gasteiger partial charge in [0, 0.05) is 12.6 Å². The van der Waals surface area contributed by atoms with Crippen LogP contribution >= 0.6 is 0 Å². The van der Waals surface area contributed by atoms with E-state index < -0.39 is 0 Å². The van der Waals surface area contributed by atoms with Gasteiger partial charge in [0.15, 0.2) is 0 Å². The Labute approximate surface area is 111 Å². The lowest BCUT2D eigenvalue weighted by molar-refractivity contribution is -0.114. The summed E-state index contributed by atoms with van der Waals surface area (Å²) in [5.74, 6) is -0.0971. The molecule has 19 heavy (non-hydrogen) atoms. The number of rotatable bonds is 4. The van der Waals surface area contributed by atoms with Gasteiger partial charge >= 0.3 is 0 Å². The third kappa shape index (κ3) is 4.23. The molecule has 0 unspecified atom stereocenters. The van der Waals surface area contributed by atoms with E-state index in [-0.39, 0.29) is 5.91 Å². The number of hydrogen-bond donors (Lipinski definition) is 2. The maximum Gasteiger partial charge on any atom is 0.221 e. The Hall–Kier alpha value is -2.69. The van der Waals surface area contributed by atoms with Gasteiger partial charge in [0.1, 0.15) is 0 Å². The highest BCUT2D eigenvalue weighted by Crippen LogP contribution is 2.17. The number of carbonyl (C=O) groups excluding carboxylic acids is 1. The molecule has 0 heterocycles. The van der Waals surface area contributed by atoms with Crippen LogP contribution in [0.5, 0.6) is 0 Å². The predicted octanol–water partition coefficient (Wildman–Crippen LogP) is 3.76. The number of nitrogens with one attached hydrogen (secondary N) is 2. The van der Waals surface area contributed by atoms with Gasteiger partial charge in [-0.3, -0.25) is 10.2 Å². The van der Waals surface area contributed by atoms with Gasteiger partial charge in [-0.1, -0.05) is 23.4 Å². The summed E-state index contributed by atoms with van der Waals surface area (Å²) in [7, 11) is 0. The number of carbonyl (C=O) groups is 1. The summed E-state index contributed by atoms with van der Waals surface area (Å²) in [6, 6.07) is 16.7. The highest BCUT2D eigenvalue weighted by molar-refractivity contribution is 5.88. The summed E-state index contributed by atoms with van der Waals surface area (Å²) >= 11 is 0. The molecule has 0 saturated carbocycles. The molecule has 5 heteroatoms. The lowest BCUT2D eigenvalue weighted by Gasteiger charge is -2.01. The van der Waals surface area contributed by atoms with Crippen molar-refractivity contribution in [3.8, 4) is 0 Å². The molecule has 5 nitrogen and oxygen atoms in total. The topological polar surface area (TPSA) is 65.8 Å². The Kier molecular flexibility index (Phi) is 4.23. The van der Waals surface area contributed by atoms with E-state index in [2.05, 4.69) is 21.1 Å². The summed E-state index contributed by atoms with van der Waals surface area (Å²) in [6.45, 7) is 1.47. The zero-order valence-corrected chi connectivity index (χ0v) is 10.5. The molecule has 0 aromatic heterocycles. The highest BCUT2D eigenvalue weighted by Gasteiger charge is 1.95. The molecule has 0 spiro atoms. The molecule has 96 valence electrons. The first-order valence-electron chi connectivity index (χ1n) is 5.83. The molecular formula is C14H14N4O. The van der Waals surface area contributed by atoms with Crippen molar-refractivity contribution in [3.63, 3.8) is 0 Å². The van der Waals surface area contributed by atoms with Crippen molar-refractivity contribution in [2.45, 2.75) is 6.92 Å². The average Bonchev–Trinajstić information content (AvgIpc) is 2.41. The van der Waals surface area contributed by atoms with Crippen molar-refractivity contribution < 1.29 is 4.79 Å². The number of amides is 1. The molecule has 2 aromatic carbocycles. The van der Waals surface area contributed by atoms with Gasteiger partial charge in [-0.15, -0.1) is 5.11 Å². The van der Waals surface area contributed by atoms with Gasteiger partial charge in [-0.2, -0.15) is 0 Å². The molecule has 0 radical (unpaired) electrons. The van der Waals surface area contributed by atoms with Gasteiger partial charge < -0.3 is 5.32 Å². The number of hydrogen-bond acceptors (Lipinski definition) is 3. The van der Waals surface area contributed by atoms with E-state index in [9.17, 15) is 4.79 Å². The minimum Gasteiger partial charge on any atom is -0.326 e. The van der Waals surface area contributed by atoms with E-state index in [4.69, 9.17) is 0 Å². The van der Waals surface area contributed by atoms with Crippen LogP contribution in [0, 0.1) is 0 Å². The SMILES string of the molecule is CC(=O)Nc1ccc(N=NNc2ccccc2)cc1. The molecule has 0 bridgehead atoms. The molecule has 0 aliphatic carbocycles. The summed E-state index contributed by atoms with van der Waals surface area (Å²) in [5.41, 5.74) is 5.15. The van der Waals surface area contributed by atoms with Crippen molar-refractivity contribution in [2.75, 3.05) is 10.7 Å². The van der Waals surface area contributed by atoms with E-state index >= 15 is 0 Å². The third-order valence-electron chi connectivity index (χ3n) is 2.31. The van der Waals surface area contributed by atoms with Gasteiger partial charge in [0.2, 0.25) is 5.91 Å². The van der Waals surface area contributed by atoms with Crippen LogP contribution in [0.1, 0.15) is 6.92 Å². The zero-order valence-electron chi connectivity index (χ0n) is 10.5. The quantitative estimate of drug-likeness (QED) is 0.644. The van der Waals surface area contributed by atoms with Crippen LogP contribution in [0.25, 0.3) is 0 Å². The Balaban J connectivity index is 1.94. The molecule has 0 aliphatic rings. The van der Waals surface area contributed by atoms with Crippen LogP contribution in [-0.2, 0) is 4.79 Å². The Morgan fingerprint density at radius 3 is 2.26 bits per heavy atom. The first-order chi connectivity index (χ1) is 9.24. The summed E-state index contributed by atoms with van der Waals surface area (Å²) in [4.78, 5) is 10.9. The van der Waals surface area contributed by atoms with Crippen LogP contribution in [0.3, 0.4) is 0 Å². The van der Waals surface area contributed by atoms with Crippen molar-refractivity contribution >= 4 is 23.0 Å². The predicted molar refractivity (Wildman–Crippen MR) is 75.3 cm³/mol. The fourth-order valence-corrected chi connectivity index (χ4v) is 1.47. The number of benzene rings is 2. The van der Waals surface area contributed by atoms with Crippen LogP contribution in [-0.4, -0.2) is 5.91 Å². The normalized spacial score (nSPS) is 10.4. The van der Waals surface area contributed by atoms with Gasteiger partial charge in [-0.25, -0.2) is 0 Å². The molecular weight excluding hydrogens is 240 g/mol. The first-order valence-corrected chi connectivity index (χ1v) is 5.83. The van der Waals surface area contributed by atoms with Crippen molar-refractivity contribution in [2.24, 2.45) is 10.3 Å². The van der Waals surface area contributed by atoms with Gasteiger partial charge in [-0.05, 0) is 36.4 Å². The van der Waals surface area contributed by atoms with E-state index in [0.717, 1.165) is 11.4 Å². The fraction of sp³-hybridized carbons (Fsp3) is 0.0714. The van der Waals surface area contributed by atoms with Crippen molar-refractivity contribution in [3.05, 3.63) is 54.6 Å². The molecule has 0 atom stereocenters. The fourth-order valence-electron chi connectivity index (χ4n) is 1.47. The minimum absolute atomic E-state index is 0.0971. The van der Waals surface area contributed by atoms with E-state index in [0.29, 0.717) is 5.69 Å². The van der Waals surface area contributed by atoms with Gasteiger partial charge in [0.25, 0.3) is 0 Å². The van der Waals surface area contributed by atoms with Crippen molar-refractivity contribution in [1.82, 2.24) is 0 Å². The number of nitrogens with zero attached hydrogens (tertiary/aromatic N) is 2.